The van der Waals surface area contributed by atoms with Crippen molar-refractivity contribution in [3.8, 4) is 11.4 Å². The third kappa shape index (κ3) is 2.74. The van der Waals surface area contributed by atoms with Crippen LogP contribution in [0.25, 0.3) is 17.0 Å². The first kappa shape index (κ1) is 14.4. The van der Waals surface area contributed by atoms with Crippen molar-refractivity contribution in [1.82, 2.24) is 19.8 Å². The van der Waals surface area contributed by atoms with Crippen LogP contribution >= 0.6 is 0 Å². The normalized spacial score (nSPS) is 12.5. The van der Waals surface area contributed by atoms with E-state index in [1.807, 2.05) is 0 Å². The number of nitrogens with zero attached hydrogens (tertiary/aromatic N) is 4. The second-order valence-corrected chi connectivity index (χ2v) is 4.76. The third-order valence-electron chi connectivity index (χ3n) is 3.17. The molecule has 0 radical (unpaired) electrons. The summed E-state index contributed by atoms with van der Waals surface area (Å²) in [6.45, 7) is 0.425. The van der Waals surface area contributed by atoms with Crippen molar-refractivity contribution in [2.75, 3.05) is 18.4 Å². The standard InChI is InChI=1S/C14H15FN6O/c15-11-4-2-1-3-10(11)14-19-18-13-6-5-12(20-21(13)14)17-8-9(22)7-16/h1-6,9,22H,7-8,16H2,(H,17,20). The molecule has 3 rings (SSSR count). The second kappa shape index (κ2) is 6.04. The monoisotopic (exact) mass is 302 g/mol. The molecule has 2 aromatic heterocycles. The number of benzene rings is 1. The Labute approximate surface area is 125 Å². The molecule has 0 spiro atoms. The zero-order valence-electron chi connectivity index (χ0n) is 11.6. The van der Waals surface area contributed by atoms with Crippen molar-refractivity contribution in [2.24, 2.45) is 5.73 Å². The molecule has 0 aliphatic heterocycles. The van der Waals surface area contributed by atoms with Crippen LogP contribution in [-0.4, -0.2) is 44.1 Å². The summed E-state index contributed by atoms with van der Waals surface area (Å²) in [4.78, 5) is 0. The molecular formula is C14H15FN6O. The maximum atomic E-state index is 13.9. The molecule has 22 heavy (non-hydrogen) atoms. The summed E-state index contributed by atoms with van der Waals surface area (Å²) < 4.78 is 15.4. The Balaban J connectivity index is 1.97. The molecule has 0 saturated heterocycles. The number of hydrogen-bond acceptors (Lipinski definition) is 6. The summed E-state index contributed by atoms with van der Waals surface area (Å²) in [5, 5.41) is 24.7. The lowest BCUT2D eigenvalue weighted by Gasteiger charge is -2.10. The van der Waals surface area contributed by atoms with E-state index in [4.69, 9.17) is 5.73 Å². The largest absolute Gasteiger partial charge is 0.390 e. The first-order valence-electron chi connectivity index (χ1n) is 6.78. The average molecular weight is 302 g/mol. The molecule has 0 saturated carbocycles. The molecule has 0 fully saturated rings. The fourth-order valence-electron chi connectivity index (χ4n) is 2.00. The van der Waals surface area contributed by atoms with Gasteiger partial charge in [-0.05, 0) is 24.3 Å². The maximum Gasteiger partial charge on any atom is 0.188 e. The van der Waals surface area contributed by atoms with E-state index in [1.165, 1.54) is 10.6 Å². The smallest absolute Gasteiger partial charge is 0.188 e. The zero-order valence-corrected chi connectivity index (χ0v) is 11.6. The highest BCUT2D eigenvalue weighted by Gasteiger charge is 2.13. The summed E-state index contributed by atoms with van der Waals surface area (Å²) in [5.41, 5.74) is 6.17. The highest BCUT2D eigenvalue weighted by Crippen LogP contribution is 2.21. The molecule has 0 bridgehead atoms. The number of fused-ring (bicyclic) bond motifs is 1. The molecule has 0 amide bonds. The lowest BCUT2D eigenvalue weighted by Crippen LogP contribution is -2.28. The van der Waals surface area contributed by atoms with Gasteiger partial charge in [-0.25, -0.2) is 4.39 Å². The fraction of sp³-hybridized carbons (Fsp3) is 0.214. The van der Waals surface area contributed by atoms with Crippen LogP contribution in [-0.2, 0) is 0 Å². The van der Waals surface area contributed by atoms with Gasteiger partial charge in [-0.3, -0.25) is 0 Å². The minimum absolute atomic E-state index is 0.155. The van der Waals surface area contributed by atoms with Crippen LogP contribution in [0, 0.1) is 5.82 Å². The summed E-state index contributed by atoms with van der Waals surface area (Å²) in [5.74, 6) is 0.434. The van der Waals surface area contributed by atoms with Crippen molar-refractivity contribution in [3.05, 3.63) is 42.2 Å². The molecule has 4 N–H and O–H groups in total. The van der Waals surface area contributed by atoms with Crippen LogP contribution < -0.4 is 11.1 Å². The number of nitrogens with one attached hydrogen (secondary N) is 1. The Morgan fingerprint density at radius 1 is 1.23 bits per heavy atom. The van der Waals surface area contributed by atoms with E-state index in [2.05, 4.69) is 20.6 Å². The van der Waals surface area contributed by atoms with Crippen molar-refractivity contribution in [3.63, 3.8) is 0 Å². The topological polar surface area (TPSA) is 101 Å². The van der Waals surface area contributed by atoms with E-state index in [0.29, 0.717) is 22.9 Å². The number of nitrogens with two attached hydrogens (primary N) is 1. The third-order valence-corrected chi connectivity index (χ3v) is 3.17. The Hall–Kier alpha value is -2.58. The van der Waals surface area contributed by atoms with Gasteiger partial charge in [0.05, 0.1) is 11.7 Å². The van der Waals surface area contributed by atoms with Crippen molar-refractivity contribution >= 4 is 11.5 Å². The lowest BCUT2D eigenvalue weighted by atomic mass is 10.2. The summed E-state index contributed by atoms with van der Waals surface area (Å²) >= 11 is 0. The minimum Gasteiger partial charge on any atom is -0.390 e. The molecule has 7 nitrogen and oxygen atoms in total. The van der Waals surface area contributed by atoms with Crippen molar-refractivity contribution in [2.45, 2.75) is 6.10 Å². The highest BCUT2D eigenvalue weighted by molar-refractivity contribution is 5.60. The number of hydrogen-bond donors (Lipinski definition) is 3. The van der Waals surface area contributed by atoms with Gasteiger partial charge in [0.1, 0.15) is 11.6 Å². The van der Waals surface area contributed by atoms with Crippen molar-refractivity contribution < 1.29 is 9.50 Å². The van der Waals surface area contributed by atoms with Gasteiger partial charge < -0.3 is 16.2 Å². The molecule has 1 unspecified atom stereocenters. The molecule has 1 atom stereocenters. The molecule has 0 aliphatic carbocycles. The van der Waals surface area contributed by atoms with E-state index >= 15 is 0 Å². The number of rotatable bonds is 5. The first-order chi connectivity index (χ1) is 10.7. The lowest BCUT2D eigenvalue weighted by molar-refractivity contribution is 0.196. The average Bonchev–Trinajstić information content (AvgIpc) is 2.96. The highest BCUT2D eigenvalue weighted by atomic mass is 19.1. The van der Waals surface area contributed by atoms with Gasteiger partial charge in [0.25, 0.3) is 0 Å². The van der Waals surface area contributed by atoms with Gasteiger partial charge in [-0.1, -0.05) is 12.1 Å². The quantitative estimate of drug-likeness (QED) is 0.640. The molecule has 3 aromatic rings. The van der Waals surface area contributed by atoms with Crippen molar-refractivity contribution in [1.29, 1.82) is 0 Å². The number of halogens is 1. The minimum atomic E-state index is -0.663. The van der Waals surface area contributed by atoms with Crippen LogP contribution in [0.5, 0.6) is 0 Å². The van der Waals surface area contributed by atoms with E-state index < -0.39 is 11.9 Å². The Kier molecular flexibility index (Phi) is 3.94. The predicted octanol–water partition coefficient (Wildman–Crippen LogP) is 0.662. The number of aromatic nitrogens is 4. The van der Waals surface area contributed by atoms with Crippen LogP contribution in [0.15, 0.2) is 36.4 Å². The van der Waals surface area contributed by atoms with Gasteiger partial charge in [-0.2, -0.15) is 4.52 Å². The van der Waals surface area contributed by atoms with Crippen LogP contribution in [0.2, 0.25) is 0 Å². The molecule has 114 valence electrons. The molecule has 2 heterocycles. The van der Waals surface area contributed by atoms with Gasteiger partial charge in [-0.15, -0.1) is 15.3 Å². The maximum absolute atomic E-state index is 13.9. The molecular weight excluding hydrogens is 287 g/mol. The Morgan fingerprint density at radius 3 is 2.82 bits per heavy atom. The predicted molar refractivity (Wildman–Crippen MR) is 79.7 cm³/mol. The second-order valence-electron chi connectivity index (χ2n) is 4.76. The number of aliphatic hydroxyl groups is 1. The van der Waals surface area contributed by atoms with Gasteiger partial charge in [0.15, 0.2) is 11.5 Å². The Morgan fingerprint density at radius 2 is 2.05 bits per heavy atom. The van der Waals surface area contributed by atoms with Gasteiger partial charge in [0, 0.05) is 13.1 Å². The van der Waals surface area contributed by atoms with Crippen LogP contribution in [0.1, 0.15) is 0 Å². The van der Waals surface area contributed by atoms with E-state index in [1.54, 1.807) is 30.3 Å². The molecule has 8 heteroatoms. The SMILES string of the molecule is NCC(O)CNc1ccc2nnc(-c3ccccc3F)n2n1. The fourth-order valence-corrected chi connectivity index (χ4v) is 2.00. The summed E-state index contributed by atoms with van der Waals surface area (Å²) in [6.07, 6.45) is -0.663. The molecule has 0 aliphatic rings. The Bertz CT molecular complexity index is 790. The zero-order chi connectivity index (χ0) is 15.5. The number of aliphatic hydroxyl groups excluding tert-OH is 1. The van der Waals surface area contributed by atoms with E-state index in [9.17, 15) is 9.50 Å². The van der Waals surface area contributed by atoms with Crippen LogP contribution in [0.3, 0.4) is 0 Å². The first-order valence-corrected chi connectivity index (χ1v) is 6.78. The van der Waals surface area contributed by atoms with Gasteiger partial charge >= 0.3 is 0 Å². The van der Waals surface area contributed by atoms with Crippen LogP contribution in [0.4, 0.5) is 10.2 Å². The van der Waals surface area contributed by atoms with E-state index in [-0.39, 0.29) is 13.1 Å². The van der Waals surface area contributed by atoms with E-state index in [0.717, 1.165) is 0 Å². The number of anilines is 1. The summed E-state index contributed by atoms with van der Waals surface area (Å²) in [6, 6.07) is 9.72. The molecule has 1 aromatic carbocycles. The van der Waals surface area contributed by atoms with Gasteiger partial charge in [0.2, 0.25) is 0 Å². The summed E-state index contributed by atoms with van der Waals surface area (Å²) in [7, 11) is 0.